The van der Waals surface area contributed by atoms with E-state index in [9.17, 15) is 0 Å². The first-order chi connectivity index (χ1) is 6.65. The van der Waals surface area contributed by atoms with Gasteiger partial charge in [0.15, 0.2) is 0 Å². The van der Waals surface area contributed by atoms with E-state index in [2.05, 4.69) is 51.2 Å². The van der Waals surface area contributed by atoms with E-state index < -0.39 is 0 Å². The third kappa shape index (κ3) is 2.85. The topological polar surface area (TPSA) is 12.0 Å². The summed E-state index contributed by atoms with van der Waals surface area (Å²) in [5.74, 6) is 0. The molecule has 0 amide bonds. The smallest absolute Gasteiger partial charge is 0.0291 e. The molecule has 1 aromatic rings. The van der Waals surface area contributed by atoms with Crippen LogP contribution in [0.15, 0.2) is 18.2 Å². The van der Waals surface area contributed by atoms with Gasteiger partial charge in [-0.05, 0) is 50.4 Å². The second-order valence-electron chi connectivity index (χ2n) is 4.02. The normalized spacial score (nSPS) is 12.9. The van der Waals surface area contributed by atoms with Crippen molar-refractivity contribution in [3.63, 3.8) is 0 Å². The van der Waals surface area contributed by atoms with Crippen LogP contribution in [0.1, 0.15) is 43.0 Å². The van der Waals surface area contributed by atoms with E-state index in [0.29, 0.717) is 6.04 Å². The minimum atomic E-state index is 0.467. The van der Waals surface area contributed by atoms with Gasteiger partial charge in [0, 0.05) is 6.04 Å². The molecule has 0 aliphatic rings. The quantitative estimate of drug-likeness (QED) is 0.769. The summed E-state index contributed by atoms with van der Waals surface area (Å²) < 4.78 is 0. The molecular weight excluding hydrogens is 170 g/mol. The monoisotopic (exact) mass is 191 g/mol. The number of aryl methyl sites for hydroxylation is 2. The number of benzene rings is 1. The zero-order valence-electron chi connectivity index (χ0n) is 9.72. The van der Waals surface area contributed by atoms with Crippen LogP contribution in [0, 0.1) is 13.8 Å². The maximum atomic E-state index is 3.50. The molecule has 0 radical (unpaired) electrons. The lowest BCUT2D eigenvalue weighted by atomic mass is 10.0. The summed E-state index contributed by atoms with van der Waals surface area (Å²) in [6.45, 7) is 9.84. The molecule has 78 valence electrons. The molecule has 0 aliphatic heterocycles. The van der Waals surface area contributed by atoms with Crippen molar-refractivity contribution in [3.05, 3.63) is 34.9 Å². The van der Waals surface area contributed by atoms with Gasteiger partial charge in [-0.3, -0.25) is 0 Å². The van der Waals surface area contributed by atoms with Crippen LogP contribution in [0.2, 0.25) is 0 Å². The molecule has 0 fully saturated rings. The Labute approximate surface area is 87.5 Å². The molecule has 1 nitrogen and oxygen atoms in total. The molecule has 0 unspecified atom stereocenters. The minimum absolute atomic E-state index is 0.467. The highest BCUT2D eigenvalue weighted by molar-refractivity contribution is 5.31. The van der Waals surface area contributed by atoms with Gasteiger partial charge in [-0.15, -0.1) is 0 Å². The average Bonchev–Trinajstić information content (AvgIpc) is 2.18. The fourth-order valence-electron chi connectivity index (χ4n) is 1.51. The van der Waals surface area contributed by atoms with Gasteiger partial charge in [-0.1, -0.05) is 25.1 Å². The Morgan fingerprint density at radius 2 is 1.93 bits per heavy atom. The summed E-state index contributed by atoms with van der Waals surface area (Å²) >= 11 is 0. The summed E-state index contributed by atoms with van der Waals surface area (Å²) in [6.07, 6.45) is 1.19. The summed E-state index contributed by atoms with van der Waals surface area (Å²) in [4.78, 5) is 0. The first kappa shape index (κ1) is 11.3. The fraction of sp³-hybridized carbons (Fsp3) is 0.538. The molecule has 0 aliphatic carbocycles. The van der Waals surface area contributed by atoms with Crippen molar-refractivity contribution in [1.82, 2.24) is 5.32 Å². The van der Waals surface area contributed by atoms with Gasteiger partial charge in [0.2, 0.25) is 0 Å². The van der Waals surface area contributed by atoms with Crippen molar-refractivity contribution in [3.8, 4) is 0 Å². The molecule has 14 heavy (non-hydrogen) atoms. The van der Waals surface area contributed by atoms with Crippen LogP contribution in [-0.2, 0) is 0 Å². The fourth-order valence-corrected chi connectivity index (χ4v) is 1.51. The van der Waals surface area contributed by atoms with Gasteiger partial charge >= 0.3 is 0 Å². The van der Waals surface area contributed by atoms with Crippen LogP contribution in [0.5, 0.6) is 0 Å². The van der Waals surface area contributed by atoms with Gasteiger partial charge in [-0.2, -0.15) is 0 Å². The van der Waals surface area contributed by atoms with E-state index >= 15 is 0 Å². The van der Waals surface area contributed by atoms with Crippen LogP contribution in [0.3, 0.4) is 0 Å². The van der Waals surface area contributed by atoms with Crippen molar-refractivity contribution in [2.75, 3.05) is 6.54 Å². The molecule has 1 N–H and O–H groups in total. The Morgan fingerprint density at radius 3 is 2.50 bits per heavy atom. The van der Waals surface area contributed by atoms with Gasteiger partial charge in [0.1, 0.15) is 0 Å². The van der Waals surface area contributed by atoms with E-state index in [1.807, 2.05) is 0 Å². The third-order valence-corrected chi connectivity index (χ3v) is 2.73. The highest BCUT2D eigenvalue weighted by Crippen LogP contribution is 2.16. The van der Waals surface area contributed by atoms with Crippen molar-refractivity contribution in [1.29, 1.82) is 0 Å². The number of rotatable bonds is 4. The molecule has 0 saturated carbocycles. The SMILES string of the molecule is CCCN[C@@H](C)c1ccc(C)c(C)c1. The molecule has 0 saturated heterocycles. The second kappa shape index (κ2) is 5.16. The van der Waals surface area contributed by atoms with E-state index in [0.717, 1.165) is 6.54 Å². The van der Waals surface area contributed by atoms with Crippen molar-refractivity contribution in [2.24, 2.45) is 0 Å². The summed E-state index contributed by atoms with van der Waals surface area (Å²) in [5.41, 5.74) is 4.14. The molecule has 0 spiro atoms. The third-order valence-electron chi connectivity index (χ3n) is 2.73. The Kier molecular flexibility index (Phi) is 4.15. The molecule has 0 heterocycles. The van der Waals surface area contributed by atoms with Gasteiger partial charge in [0.05, 0.1) is 0 Å². The molecule has 0 aromatic heterocycles. The summed E-state index contributed by atoms with van der Waals surface area (Å²) in [6, 6.07) is 7.17. The zero-order chi connectivity index (χ0) is 10.6. The number of nitrogens with one attached hydrogen (secondary N) is 1. The molecule has 1 rings (SSSR count). The summed E-state index contributed by atoms with van der Waals surface area (Å²) in [5, 5.41) is 3.50. The highest BCUT2D eigenvalue weighted by Gasteiger charge is 2.04. The van der Waals surface area contributed by atoms with Crippen molar-refractivity contribution in [2.45, 2.75) is 40.2 Å². The largest absolute Gasteiger partial charge is 0.310 e. The molecular formula is C13H21N. The zero-order valence-corrected chi connectivity index (χ0v) is 9.72. The van der Waals surface area contributed by atoms with E-state index in [4.69, 9.17) is 0 Å². The first-order valence-corrected chi connectivity index (χ1v) is 5.45. The standard InChI is InChI=1S/C13H21N/c1-5-8-14-12(4)13-7-6-10(2)11(3)9-13/h6-7,9,12,14H,5,8H2,1-4H3/t12-/m0/s1. The van der Waals surface area contributed by atoms with Crippen molar-refractivity contribution >= 4 is 0 Å². The minimum Gasteiger partial charge on any atom is -0.310 e. The molecule has 1 heteroatoms. The molecule has 1 aromatic carbocycles. The van der Waals surface area contributed by atoms with Gasteiger partial charge in [-0.25, -0.2) is 0 Å². The highest BCUT2D eigenvalue weighted by atomic mass is 14.9. The lowest BCUT2D eigenvalue weighted by Crippen LogP contribution is -2.19. The lowest BCUT2D eigenvalue weighted by Gasteiger charge is -2.14. The molecule has 1 atom stereocenters. The lowest BCUT2D eigenvalue weighted by molar-refractivity contribution is 0.570. The first-order valence-electron chi connectivity index (χ1n) is 5.45. The maximum Gasteiger partial charge on any atom is 0.0291 e. The van der Waals surface area contributed by atoms with E-state index in [1.165, 1.54) is 23.1 Å². The maximum absolute atomic E-state index is 3.50. The van der Waals surface area contributed by atoms with Gasteiger partial charge < -0.3 is 5.32 Å². The predicted molar refractivity (Wildman–Crippen MR) is 62.6 cm³/mol. The van der Waals surface area contributed by atoms with Crippen LogP contribution in [-0.4, -0.2) is 6.54 Å². The summed E-state index contributed by atoms with van der Waals surface area (Å²) in [7, 11) is 0. The van der Waals surface area contributed by atoms with Crippen LogP contribution in [0.25, 0.3) is 0 Å². The van der Waals surface area contributed by atoms with E-state index in [-0.39, 0.29) is 0 Å². The number of hydrogen-bond donors (Lipinski definition) is 1. The van der Waals surface area contributed by atoms with E-state index in [1.54, 1.807) is 0 Å². The number of hydrogen-bond acceptors (Lipinski definition) is 1. The Hall–Kier alpha value is -0.820. The predicted octanol–water partition coefficient (Wildman–Crippen LogP) is 3.36. The van der Waals surface area contributed by atoms with Crippen LogP contribution < -0.4 is 5.32 Å². The average molecular weight is 191 g/mol. The van der Waals surface area contributed by atoms with Gasteiger partial charge in [0.25, 0.3) is 0 Å². The second-order valence-corrected chi connectivity index (χ2v) is 4.02. The Balaban J connectivity index is 2.70. The van der Waals surface area contributed by atoms with Crippen LogP contribution in [0.4, 0.5) is 0 Å². The Morgan fingerprint density at radius 1 is 1.21 bits per heavy atom. The Bertz CT molecular complexity index is 291. The van der Waals surface area contributed by atoms with Crippen molar-refractivity contribution < 1.29 is 0 Å². The van der Waals surface area contributed by atoms with Crippen LogP contribution >= 0.6 is 0 Å². The molecule has 0 bridgehead atoms.